The zero-order chi connectivity index (χ0) is 47.8. The topological polar surface area (TPSA) is 167 Å². The monoisotopic (exact) mass is 1140 g/mol. The molecule has 3 heterocycles. The molecule has 2 saturated heterocycles. The summed E-state index contributed by atoms with van der Waals surface area (Å²) in [6.07, 6.45) is 0. The number of nitrogens with two attached hydrogens (primary N) is 2. The van der Waals surface area contributed by atoms with E-state index in [2.05, 4.69) is 94.5 Å². The van der Waals surface area contributed by atoms with Crippen LogP contribution in [-0.4, -0.2) is 128 Å². The molecule has 7 rings (SSSR count). The third-order valence-electron chi connectivity index (χ3n) is 10.3. The molecule has 0 spiro atoms. The third-order valence-corrected chi connectivity index (χ3v) is 12.7. The third kappa shape index (κ3) is 17.2. The summed E-state index contributed by atoms with van der Waals surface area (Å²) in [6, 6.07) is 24.4. The summed E-state index contributed by atoms with van der Waals surface area (Å²) in [6.45, 7) is 10.5. The number of rotatable bonds is 12. The van der Waals surface area contributed by atoms with Gasteiger partial charge in [0, 0.05) is 86.2 Å². The number of hydrogen-bond donors (Lipinski definition) is 4. The number of hydrogen-bond acceptors (Lipinski definition) is 14. The number of halogens is 4. The van der Waals surface area contributed by atoms with Crippen LogP contribution < -0.4 is 41.4 Å². The van der Waals surface area contributed by atoms with E-state index < -0.39 is 11.6 Å². The van der Waals surface area contributed by atoms with Gasteiger partial charge in [-0.2, -0.15) is 14.9 Å². The second-order valence-electron chi connectivity index (χ2n) is 14.9. The van der Waals surface area contributed by atoms with Crippen molar-refractivity contribution in [1.29, 1.82) is 0 Å². The number of aromatic nitrogens is 1. The highest BCUT2D eigenvalue weighted by Crippen LogP contribution is 2.32. The van der Waals surface area contributed by atoms with Gasteiger partial charge >= 0.3 is 0 Å². The van der Waals surface area contributed by atoms with Crippen LogP contribution in [0.25, 0.3) is 0 Å². The van der Waals surface area contributed by atoms with Crippen molar-refractivity contribution >= 4 is 134 Å². The molecule has 0 aliphatic carbocycles. The Morgan fingerprint density at radius 2 is 1.28 bits per heavy atom. The Morgan fingerprint density at radius 3 is 1.75 bits per heavy atom. The van der Waals surface area contributed by atoms with Crippen molar-refractivity contribution in [2.45, 2.75) is 6.92 Å². The number of ketones is 2. The molecule has 22 heteroatoms. The van der Waals surface area contributed by atoms with Crippen molar-refractivity contribution in [2.75, 3.05) is 118 Å². The molecule has 0 amide bonds. The lowest BCUT2D eigenvalue weighted by atomic mass is 10.1. The first-order chi connectivity index (χ1) is 31.7. The Balaban J connectivity index is 0.000000290. The Kier molecular flexibility index (Phi) is 24.6. The number of nitrogens with zero attached hydrogens (tertiary/aromatic N) is 6. The molecule has 0 saturated carbocycles. The predicted molar refractivity (Wildman–Crippen MR) is 297 cm³/mol. The number of thiocarbonyl (C=S) groups is 1. The number of likely N-dealkylation sites (N-methyl/N-ethyl adjacent to an activating group) is 2. The standard InChI is InChI=1S/C22H24FN5O2S.C15H23N5S2.C9H8BrFO2.BrH.H3P/c1-27-9-11-28(12-10-27)16-6-4-15(5-7-16)25-22-26-21(24)20(31-22)19(29)14-3-8-17(23)18(13-14)30-2;1-3-22-14(16)18-15(21)17-12-4-6-13(7-5-12)20-10-8-19(2)9-11-20;1-13-9-4-6(8(12)5-10)2-3-7(9)11;;/h3-8,13H,9-12,24H2,1-2H3,(H,25,26);4-7H,3,8-11H2,1-2H3,(H3,16,17,18,21);2-4H,5H2,1H3;1H;1H3. The van der Waals surface area contributed by atoms with E-state index in [0.717, 1.165) is 80.8 Å². The van der Waals surface area contributed by atoms with E-state index in [1.807, 2.05) is 31.2 Å². The summed E-state index contributed by atoms with van der Waals surface area (Å²) in [4.78, 5) is 42.1. The quantitative estimate of drug-likeness (QED) is 0.0234. The van der Waals surface area contributed by atoms with Crippen molar-refractivity contribution in [3.05, 3.63) is 113 Å². The number of benzene rings is 4. The summed E-state index contributed by atoms with van der Waals surface area (Å²) >= 11 is 10.9. The number of Topliss-reactive ketones (excluding diaryl/α,β-unsaturated/α-hetero) is 1. The molecule has 0 radical (unpaired) electrons. The van der Waals surface area contributed by atoms with Crippen LogP contribution in [0.2, 0.25) is 0 Å². The molecule has 0 bridgehead atoms. The minimum Gasteiger partial charge on any atom is -0.494 e. The fourth-order valence-corrected chi connectivity index (χ4v) is 8.50. The molecule has 1 aromatic heterocycles. The lowest BCUT2D eigenvalue weighted by molar-refractivity contribution is 0.102. The van der Waals surface area contributed by atoms with E-state index in [-0.39, 0.29) is 66.7 Å². The number of alkyl halides is 1. The van der Waals surface area contributed by atoms with Crippen LogP contribution in [0.5, 0.6) is 11.5 Å². The second kappa shape index (κ2) is 28.9. The maximum absolute atomic E-state index is 13.6. The number of nitrogen functional groups attached to an aromatic ring is 1. The number of anilines is 6. The Labute approximate surface area is 433 Å². The highest BCUT2D eigenvalue weighted by molar-refractivity contribution is 9.09. The van der Waals surface area contributed by atoms with E-state index in [0.29, 0.717) is 25.9 Å². The van der Waals surface area contributed by atoms with Gasteiger partial charge in [-0.3, -0.25) is 9.59 Å². The largest absolute Gasteiger partial charge is 0.494 e. The van der Waals surface area contributed by atoms with E-state index in [4.69, 9.17) is 33.2 Å². The number of thiazole rings is 1. The Morgan fingerprint density at radius 1 is 0.809 bits per heavy atom. The van der Waals surface area contributed by atoms with Crippen molar-refractivity contribution in [3.63, 3.8) is 0 Å². The first-order valence-electron chi connectivity index (χ1n) is 20.9. The van der Waals surface area contributed by atoms with Gasteiger partial charge in [0.1, 0.15) is 10.7 Å². The van der Waals surface area contributed by atoms with Crippen LogP contribution in [0.3, 0.4) is 0 Å². The molecule has 2 aliphatic rings. The fraction of sp³-hybridized carbons (Fsp3) is 0.326. The van der Waals surface area contributed by atoms with Crippen molar-refractivity contribution in [2.24, 2.45) is 10.7 Å². The molecule has 2 aliphatic heterocycles. The van der Waals surface area contributed by atoms with Crippen LogP contribution in [0, 0.1) is 11.6 Å². The Bertz CT molecular complexity index is 2440. The second-order valence-corrected chi connectivity index (χ2v) is 18.2. The minimum absolute atomic E-state index is 0. The van der Waals surface area contributed by atoms with Gasteiger partial charge in [-0.25, -0.2) is 13.8 Å². The van der Waals surface area contributed by atoms with Crippen molar-refractivity contribution < 1.29 is 27.8 Å². The molecule has 2 fully saturated rings. The summed E-state index contributed by atoms with van der Waals surface area (Å²) in [5.41, 5.74) is 16.7. The van der Waals surface area contributed by atoms with Gasteiger partial charge in [0.15, 0.2) is 44.3 Å². The SMILES string of the molecule is Br.CCSC(N)=NC(=S)Nc1ccc(N2CCN(C)CC2)cc1.COc1cc(C(=O)CBr)ccc1F.COc1cc(C(=O)c2sc(Nc3ccc(N4CCN(C)CC4)cc3)nc2N)ccc1F.P. The number of ether oxygens (including phenoxy) is 2. The molecule has 6 N–H and O–H groups in total. The number of carbonyl (C=O) groups is 2. The summed E-state index contributed by atoms with van der Waals surface area (Å²) in [5, 5.41) is 7.93. The van der Waals surface area contributed by atoms with E-state index in [1.165, 1.54) is 73.8 Å². The van der Waals surface area contributed by atoms with Crippen LogP contribution in [0.15, 0.2) is 89.9 Å². The summed E-state index contributed by atoms with van der Waals surface area (Å²) < 4.78 is 36.2. The number of thioether (sulfide) groups is 1. The average molecular weight is 1140 g/mol. The maximum Gasteiger partial charge on any atom is 0.206 e. The molecular weight excluding hydrogens is 1080 g/mol. The van der Waals surface area contributed by atoms with E-state index in [1.54, 1.807) is 0 Å². The number of aliphatic imine (C=N–C) groups is 1. The van der Waals surface area contributed by atoms with Gasteiger partial charge in [0.2, 0.25) is 5.78 Å². The number of carbonyl (C=O) groups excluding carboxylic acids is 2. The van der Waals surface area contributed by atoms with Crippen LogP contribution in [0.4, 0.5) is 42.5 Å². The van der Waals surface area contributed by atoms with Gasteiger partial charge in [-0.05, 0) is 117 Å². The first kappa shape index (κ1) is 57.8. The molecule has 1 unspecified atom stereocenters. The van der Waals surface area contributed by atoms with Crippen molar-refractivity contribution in [1.82, 2.24) is 14.8 Å². The molecule has 368 valence electrons. The number of amidine groups is 1. The van der Waals surface area contributed by atoms with Gasteiger partial charge in [0.25, 0.3) is 0 Å². The van der Waals surface area contributed by atoms with E-state index >= 15 is 0 Å². The molecule has 1 atom stereocenters. The summed E-state index contributed by atoms with van der Waals surface area (Å²) in [5.74, 6) is -0.302. The van der Waals surface area contributed by atoms with Crippen molar-refractivity contribution in [3.8, 4) is 11.5 Å². The molecule has 68 heavy (non-hydrogen) atoms. The minimum atomic E-state index is -0.529. The van der Waals surface area contributed by atoms with Gasteiger partial charge < -0.3 is 51.2 Å². The van der Waals surface area contributed by atoms with Crippen LogP contribution in [-0.2, 0) is 0 Å². The first-order valence-corrected chi connectivity index (χ1v) is 24.2. The maximum atomic E-state index is 13.6. The molecular formula is C46H59Br2F2N10O4PS3. The number of piperazine rings is 2. The van der Waals surface area contributed by atoms with Gasteiger partial charge in [0.05, 0.1) is 19.5 Å². The lowest BCUT2D eigenvalue weighted by Gasteiger charge is -2.34. The molecule has 5 aromatic rings. The van der Waals surface area contributed by atoms with Crippen LogP contribution in [0.1, 0.15) is 32.5 Å². The zero-order valence-electron chi connectivity index (χ0n) is 38.6. The normalized spacial score (nSPS) is 13.9. The van der Waals surface area contributed by atoms with Gasteiger partial charge in [-0.15, -0.1) is 17.0 Å². The average Bonchev–Trinajstić information content (AvgIpc) is 3.69. The predicted octanol–water partition coefficient (Wildman–Crippen LogP) is 8.85. The highest BCUT2D eigenvalue weighted by atomic mass is 79.9. The molecule has 4 aromatic carbocycles. The lowest BCUT2D eigenvalue weighted by Crippen LogP contribution is -2.44. The smallest absolute Gasteiger partial charge is 0.206 e. The number of methoxy groups -OCH3 is 2. The van der Waals surface area contributed by atoms with Crippen LogP contribution >= 0.6 is 78.1 Å². The summed E-state index contributed by atoms with van der Waals surface area (Å²) in [7, 11) is 7.01. The van der Waals surface area contributed by atoms with Gasteiger partial charge in [-0.1, -0.05) is 46.0 Å². The zero-order valence-corrected chi connectivity index (χ0v) is 45.8. The molecule has 14 nitrogen and oxygen atoms in total. The fourth-order valence-electron chi connectivity index (χ4n) is 6.59. The highest BCUT2D eigenvalue weighted by Gasteiger charge is 2.21. The number of nitrogens with one attached hydrogen (secondary N) is 2. The van der Waals surface area contributed by atoms with E-state index in [9.17, 15) is 18.4 Å². The Hall–Kier alpha value is -4.47.